The fraction of sp³-hybridized carbons (Fsp3) is 0.364. The summed E-state index contributed by atoms with van der Waals surface area (Å²) in [5.74, 6) is 0. The van der Waals surface area contributed by atoms with Crippen molar-refractivity contribution in [2.24, 2.45) is 0 Å². The van der Waals surface area contributed by atoms with Crippen molar-refractivity contribution in [2.45, 2.75) is 45.7 Å². The van der Waals surface area contributed by atoms with Crippen molar-refractivity contribution < 1.29 is 0 Å². The average Bonchev–Trinajstić information content (AvgIpc) is 2.69. The van der Waals surface area contributed by atoms with Crippen molar-refractivity contribution in [1.82, 2.24) is 14.9 Å². The Morgan fingerprint density at radius 3 is 2.84 bits per heavy atom. The van der Waals surface area contributed by atoms with Gasteiger partial charge in [0.1, 0.15) is 5.69 Å². The first-order chi connectivity index (χ1) is 12.3. The van der Waals surface area contributed by atoms with Gasteiger partial charge in [0.15, 0.2) is 0 Å². The fourth-order valence-corrected chi connectivity index (χ4v) is 3.42. The summed E-state index contributed by atoms with van der Waals surface area (Å²) in [6, 6.07) is 19.1. The van der Waals surface area contributed by atoms with Gasteiger partial charge in [0.05, 0.1) is 22.6 Å². The van der Waals surface area contributed by atoms with Gasteiger partial charge in [0.2, 0.25) is 0 Å². The molecule has 25 heavy (non-hydrogen) atoms. The summed E-state index contributed by atoms with van der Waals surface area (Å²) in [5, 5.41) is 1.02. The molecule has 3 aromatic rings. The number of hydrogen-bond acceptors (Lipinski definition) is 3. The van der Waals surface area contributed by atoms with Gasteiger partial charge in [0.25, 0.3) is 0 Å². The Bertz CT molecular complexity index is 828. The van der Waals surface area contributed by atoms with E-state index in [9.17, 15) is 0 Å². The van der Waals surface area contributed by atoms with Crippen LogP contribution in [0.25, 0.3) is 10.9 Å². The summed E-state index contributed by atoms with van der Waals surface area (Å²) < 4.78 is 0. The Kier molecular flexibility index (Phi) is 5.63. The largest absolute Gasteiger partial charge is 0.291 e. The minimum absolute atomic E-state index is 0.363. The van der Waals surface area contributed by atoms with Crippen molar-refractivity contribution in [1.29, 1.82) is 0 Å². The quantitative estimate of drug-likeness (QED) is 0.692. The second kappa shape index (κ2) is 8.09. The smallest absolute Gasteiger partial charge is 0.105 e. The van der Waals surface area contributed by atoms with Crippen molar-refractivity contribution >= 4 is 10.9 Å². The van der Waals surface area contributed by atoms with Gasteiger partial charge >= 0.3 is 0 Å². The van der Waals surface area contributed by atoms with E-state index in [2.05, 4.69) is 35.1 Å². The third kappa shape index (κ3) is 3.81. The van der Waals surface area contributed by atoms with E-state index in [1.165, 1.54) is 17.7 Å². The molecule has 2 heterocycles. The number of nitrogens with zero attached hydrogens (tertiary/aromatic N) is 3. The van der Waals surface area contributed by atoms with Crippen LogP contribution < -0.4 is 0 Å². The SMILES string of the molecule is CC.CN(Cc1c#cc2ccccc2n1)C1CCCc2cccnc21. The van der Waals surface area contributed by atoms with E-state index < -0.39 is 0 Å². The summed E-state index contributed by atoms with van der Waals surface area (Å²) >= 11 is 0. The maximum atomic E-state index is 4.72. The molecule has 3 heteroatoms. The monoisotopic (exact) mass is 331 g/mol. The van der Waals surface area contributed by atoms with Crippen molar-refractivity contribution in [3.05, 3.63) is 71.7 Å². The van der Waals surface area contributed by atoms with E-state index in [1.54, 1.807) is 0 Å². The summed E-state index contributed by atoms with van der Waals surface area (Å²) in [6.07, 6.45) is 5.41. The summed E-state index contributed by atoms with van der Waals surface area (Å²) in [7, 11) is 2.15. The zero-order chi connectivity index (χ0) is 17.6. The minimum atomic E-state index is 0.363. The predicted octanol–water partition coefficient (Wildman–Crippen LogP) is 4.77. The first-order valence-corrected chi connectivity index (χ1v) is 9.14. The van der Waals surface area contributed by atoms with Gasteiger partial charge in [-0.3, -0.25) is 9.88 Å². The predicted molar refractivity (Wildman–Crippen MR) is 102 cm³/mol. The van der Waals surface area contributed by atoms with Crippen LogP contribution in [0.1, 0.15) is 49.7 Å². The number of fused-ring (bicyclic) bond motifs is 2. The average molecular weight is 331 g/mol. The Balaban J connectivity index is 0.000000880. The van der Waals surface area contributed by atoms with Crippen LogP contribution in [0.15, 0.2) is 42.6 Å². The topological polar surface area (TPSA) is 29.0 Å². The molecule has 0 aliphatic heterocycles. The van der Waals surface area contributed by atoms with Crippen LogP contribution in [0.5, 0.6) is 0 Å². The van der Waals surface area contributed by atoms with E-state index in [-0.39, 0.29) is 0 Å². The Hall–Kier alpha value is -2.44. The molecule has 0 bridgehead atoms. The number of aryl methyl sites for hydroxylation is 1. The Morgan fingerprint density at radius 2 is 1.96 bits per heavy atom. The highest BCUT2D eigenvalue weighted by molar-refractivity contribution is 5.76. The zero-order valence-corrected chi connectivity index (χ0v) is 15.3. The molecule has 1 atom stereocenters. The molecule has 1 unspecified atom stereocenters. The molecule has 0 spiro atoms. The third-order valence-electron chi connectivity index (χ3n) is 4.60. The molecule has 0 N–H and O–H groups in total. The summed E-state index contributed by atoms with van der Waals surface area (Å²) in [6.45, 7) is 4.77. The number of rotatable bonds is 3. The molecule has 0 saturated heterocycles. The van der Waals surface area contributed by atoms with E-state index in [1.807, 2.05) is 50.4 Å². The first kappa shape index (κ1) is 17.4. The number of para-hydroxylation sites is 1. The summed E-state index contributed by atoms with van der Waals surface area (Å²) in [5.41, 5.74) is 4.54. The second-order valence-electron chi connectivity index (χ2n) is 6.20. The van der Waals surface area contributed by atoms with E-state index in [4.69, 9.17) is 4.98 Å². The lowest BCUT2D eigenvalue weighted by molar-refractivity contribution is 0.206. The molecule has 3 nitrogen and oxygen atoms in total. The molecular formula is C22H25N3. The van der Waals surface area contributed by atoms with Gasteiger partial charge in [-0.25, -0.2) is 4.98 Å². The zero-order valence-electron chi connectivity index (χ0n) is 15.3. The van der Waals surface area contributed by atoms with Gasteiger partial charge in [-0.1, -0.05) is 38.1 Å². The molecule has 4 rings (SSSR count). The molecule has 0 amide bonds. The maximum Gasteiger partial charge on any atom is 0.105 e. The minimum Gasteiger partial charge on any atom is -0.291 e. The summed E-state index contributed by atoms with van der Waals surface area (Å²) in [4.78, 5) is 11.7. The van der Waals surface area contributed by atoms with E-state index in [0.717, 1.165) is 36.0 Å². The van der Waals surface area contributed by atoms with Crippen molar-refractivity contribution in [2.75, 3.05) is 7.05 Å². The molecule has 1 aliphatic carbocycles. The highest BCUT2D eigenvalue weighted by Gasteiger charge is 2.25. The number of benzene rings is 1. The van der Waals surface area contributed by atoms with Gasteiger partial charge in [-0.2, -0.15) is 0 Å². The van der Waals surface area contributed by atoms with Crippen LogP contribution in [0.4, 0.5) is 0 Å². The highest BCUT2D eigenvalue weighted by Crippen LogP contribution is 2.32. The molecule has 0 saturated carbocycles. The molecule has 1 aromatic carbocycles. The third-order valence-corrected chi connectivity index (χ3v) is 4.60. The Labute approximate surface area is 150 Å². The highest BCUT2D eigenvalue weighted by atomic mass is 15.1. The molecule has 0 fully saturated rings. The van der Waals surface area contributed by atoms with Crippen LogP contribution in [0.3, 0.4) is 0 Å². The van der Waals surface area contributed by atoms with Gasteiger partial charge in [0, 0.05) is 12.7 Å². The van der Waals surface area contributed by atoms with Crippen molar-refractivity contribution in [3.8, 4) is 0 Å². The molecule has 128 valence electrons. The van der Waals surface area contributed by atoms with Crippen LogP contribution >= 0.6 is 0 Å². The van der Waals surface area contributed by atoms with Gasteiger partial charge in [-0.05, 0) is 56.1 Å². The van der Waals surface area contributed by atoms with Crippen LogP contribution in [-0.2, 0) is 13.0 Å². The van der Waals surface area contributed by atoms with Crippen molar-refractivity contribution in [3.63, 3.8) is 0 Å². The number of pyridine rings is 1. The normalized spacial score (nSPS) is 15.9. The molecular weight excluding hydrogens is 306 g/mol. The van der Waals surface area contributed by atoms with Crippen LogP contribution in [0, 0.1) is 12.1 Å². The number of hydrogen-bond donors (Lipinski definition) is 0. The van der Waals surface area contributed by atoms with E-state index in [0.29, 0.717) is 6.04 Å². The lowest BCUT2D eigenvalue weighted by Gasteiger charge is -2.31. The van der Waals surface area contributed by atoms with E-state index >= 15 is 0 Å². The van der Waals surface area contributed by atoms with Gasteiger partial charge < -0.3 is 0 Å². The lowest BCUT2D eigenvalue weighted by atomic mass is 9.91. The fourth-order valence-electron chi connectivity index (χ4n) is 3.42. The first-order valence-electron chi connectivity index (χ1n) is 9.14. The van der Waals surface area contributed by atoms with Gasteiger partial charge in [-0.15, -0.1) is 0 Å². The number of aromatic nitrogens is 2. The van der Waals surface area contributed by atoms with Crippen LogP contribution in [-0.4, -0.2) is 21.9 Å². The molecule has 1 aliphatic rings. The maximum absolute atomic E-state index is 4.72. The molecule has 0 radical (unpaired) electrons. The molecule has 2 aromatic heterocycles. The Morgan fingerprint density at radius 1 is 1.12 bits per heavy atom. The lowest BCUT2D eigenvalue weighted by Crippen LogP contribution is -2.28. The standard InChI is InChI=1S/C20H19N3.C2H6/c1-23(19-10-4-7-16-8-5-13-21-20(16)19)14-17-12-11-15-6-2-3-9-18(15)22-17;1-2/h2-3,5-6,8-9,13,19H,4,7,10,14H2,1H3;1-2H3. The second-order valence-corrected chi connectivity index (χ2v) is 6.20. The van der Waals surface area contributed by atoms with Crippen LogP contribution in [0.2, 0.25) is 0 Å².